The average Bonchev–Trinajstić information content (AvgIpc) is 3.17. The molecule has 0 unspecified atom stereocenters. The molecular formula is C21H18N2O4. The van der Waals surface area contributed by atoms with Gasteiger partial charge in [0.15, 0.2) is 17.1 Å². The molecule has 6 heteroatoms. The normalized spacial score (nSPS) is 10.8. The minimum atomic E-state index is 0.536. The van der Waals surface area contributed by atoms with Gasteiger partial charge in [0, 0.05) is 41.3 Å². The molecule has 0 aliphatic heterocycles. The Hall–Kier alpha value is -3.54. The van der Waals surface area contributed by atoms with Crippen molar-refractivity contribution in [2.45, 2.75) is 0 Å². The molecular weight excluding hydrogens is 344 g/mol. The van der Waals surface area contributed by atoms with Crippen LogP contribution in [-0.4, -0.2) is 31.3 Å². The largest absolute Gasteiger partial charge is 0.493 e. The molecule has 4 rings (SSSR count). The van der Waals surface area contributed by atoms with Gasteiger partial charge in [0.05, 0.1) is 21.3 Å². The van der Waals surface area contributed by atoms with Gasteiger partial charge in [-0.15, -0.1) is 0 Å². The number of aromatic nitrogens is 2. The molecule has 4 aromatic rings. The van der Waals surface area contributed by atoms with Crippen LogP contribution in [0, 0.1) is 0 Å². The highest BCUT2D eigenvalue weighted by Crippen LogP contribution is 2.42. The minimum absolute atomic E-state index is 0.536. The van der Waals surface area contributed by atoms with Crippen LogP contribution in [0.3, 0.4) is 0 Å². The van der Waals surface area contributed by atoms with E-state index in [-0.39, 0.29) is 0 Å². The third-order valence-electron chi connectivity index (χ3n) is 4.33. The van der Waals surface area contributed by atoms with Gasteiger partial charge in [-0.05, 0) is 24.3 Å². The van der Waals surface area contributed by atoms with Crippen molar-refractivity contribution < 1.29 is 18.6 Å². The lowest BCUT2D eigenvalue weighted by molar-refractivity contribution is 0.324. The van der Waals surface area contributed by atoms with Crippen molar-refractivity contribution in [2.75, 3.05) is 21.3 Å². The molecule has 0 aliphatic carbocycles. The predicted octanol–water partition coefficient (Wildman–Crippen LogP) is 4.58. The third kappa shape index (κ3) is 2.95. The number of fused-ring (bicyclic) bond motifs is 1. The summed E-state index contributed by atoms with van der Waals surface area (Å²) in [4.78, 5) is 8.62. The fraction of sp³-hybridized carbons (Fsp3) is 0.143. The van der Waals surface area contributed by atoms with Gasteiger partial charge in [0.1, 0.15) is 11.3 Å². The van der Waals surface area contributed by atoms with Gasteiger partial charge in [0.25, 0.3) is 0 Å². The number of hydrogen-bond acceptors (Lipinski definition) is 6. The number of hydrogen-bond donors (Lipinski definition) is 0. The fourth-order valence-corrected chi connectivity index (χ4v) is 3.05. The van der Waals surface area contributed by atoms with Gasteiger partial charge in [-0.3, -0.25) is 9.97 Å². The second-order valence-electron chi connectivity index (χ2n) is 5.84. The monoisotopic (exact) mass is 362 g/mol. The topological polar surface area (TPSA) is 66.6 Å². The van der Waals surface area contributed by atoms with Crippen LogP contribution in [0.5, 0.6) is 17.2 Å². The summed E-state index contributed by atoms with van der Waals surface area (Å²) in [5, 5.41) is 0. The smallest absolute Gasteiger partial charge is 0.203 e. The molecule has 27 heavy (non-hydrogen) atoms. The number of furan rings is 1. The Morgan fingerprint density at radius 3 is 2.26 bits per heavy atom. The summed E-state index contributed by atoms with van der Waals surface area (Å²) in [5.74, 6) is 2.32. The highest BCUT2D eigenvalue weighted by Gasteiger charge is 2.18. The lowest BCUT2D eigenvalue weighted by Gasteiger charge is -2.13. The summed E-state index contributed by atoms with van der Waals surface area (Å²) >= 11 is 0. The maximum atomic E-state index is 6.17. The molecule has 6 nitrogen and oxygen atoms in total. The van der Waals surface area contributed by atoms with Crippen LogP contribution in [-0.2, 0) is 0 Å². The number of ether oxygens (including phenoxy) is 3. The highest BCUT2D eigenvalue weighted by atomic mass is 16.5. The van der Waals surface area contributed by atoms with Crippen molar-refractivity contribution in [2.24, 2.45) is 0 Å². The maximum absolute atomic E-state index is 6.17. The van der Waals surface area contributed by atoms with Crippen LogP contribution in [0.2, 0.25) is 0 Å². The maximum Gasteiger partial charge on any atom is 0.203 e. The summed E-state index contributed by atoms with van der Waals surface area (Å²) in [6.45, 7) is 0. The Morgan fingerprint density at radius 2 is 1.63 bits per heavy atom. The highest BCUT2D eigenvalue weighted by molar-refractivity contribution is 5.92. The van der Waals surface area contributed by atoms with E-state index in [1.807, 2.05) is 36.4 Å². The van der Waals surface area contributed by atoms with Gasteiger partial charge < -0.3 is 18.6 Å². The molecule has 0 N–H and O–H groups in total. The van der Waals surface area contributed by atoms with Crippen LogP contribution in [0.4, 0.5) is 0 Å². The van der Waals surface area contributed by atoms with Gasteiger partial charge >= 0.3 is 0 Å². The second kappa shape index (κ2) is 6.99. The number of benzene rings is 1. The first kappa shape index (κ1) is 16.9. The zero-order valence-electron chi connectivity index (χ0n) is 15.2. The van der Waals surface area contributed by atoms with E-state index in [0.29, 0.717) is 28.6 Å². The Morgan fingerprint density at radius 1 is 0.852 bits per heavy atom. The molecule has 0 radical (unpaired) electrons. The summed E-state index contributed by atoms with van der Waals surface area (Å²) in [6, 6.07) is 11.4. The molecule has 3 heterocycles. The van der Waals surface area contributed by atoms with Gasteiger partial charge in [0.2, 0.25) is 5.75 Å². The van der Waals surface area contributed by atoms with E-state index in [2.05, 4.69) is 9.97 Å². The number of rotatable bonds is 5. The van der Waals surface area contributed by atoms with E-state index in [9.17, 15) is 0 Å². The molecule has 0 bridgehead atoms. The fourth-order valence-electron chi connectivity index (χ4n) is 3.05. The molecule has 0 saturated heterocycles. The van der Waals surface area contributed by atoms with E-state index in [1.54, 1.807) is 39.9 Å². The minimum Gasteiger partial charge on any atom is -0.493 e. The van der Waals surface area contributed by atoms with Gasteiger partial charge in [-0.1, -0.05) is 6.07 Å². The van der Waals surface area contributed by atoms with Crippen molar-refractivity contribution >= 4 is 11.1 Å². The van der Waals surface area contributed by atoms with E-state index in [4.69, 9.17) is 18.6 Å². The van der Waals surface area contributed by atoms with E-state index in [0.717, 1.165) is 22.2 Å². The first-order valence-corrected chi connectivity index (χ1v) is 8.34. The molecule has 0 saturated carbocycles. The van der Waals surface area contributed by atoms with Crippen LogP contribution < -0.4 is 14.2 Å². The average molecular weight is 362 g/mol. The van der Waals surface area contributed by atoms with Gasteiger partial charge in [-0.25, -0.2) is 0 Å². The number of pyridine rings is 2. The molecule has 0 fully saturated rings. The lowest BCUT2D eigenvalue weighted by atomic mass is 10.1. The van der Waals surface area contributed by atoms with E-state index >= 15 is 0 Å². The summed E-state index contributed by atoms with van der Waals surface area (Å²) in [6.07, 6.45) is 5.31. The quantitative estimate of drug-likeness (QED) is 0.518. The van der Waals surface area contributed by atoms with E-state index < -0.39 is 0 Å². The second-order valence-corrected chi connectivity index (χ2v) is 5.84. The first-order chi connectivity index (χ1) is 13.2. The number of methoxy groups -OCH3 is 3. The van der Waals surface area contributed by atoms with Crippen molar-refractivity contribution in [3.8, 4) is 39.7 Å². The Kier molecular flexibility index (Phi) is 4.38. The Labute approximate surface area is 156 Å². The van der Waals surface area contributed by atoms with Gasteiger partial charge in [-0.2, -0.15) is 0 Å². The standard InChI is InChI=1S/C21H18N2O4/c1-24-18-9-14(10-19(25-2)21(18)26-3)17-11-16-20(27-17)15(6-8-23-16)13-5-4-7-22-12-13/h4-12H,1-3H3. The molecule has 0 atom stereocenters. The van der Waals surface area contributed by atoms with Crippen LogP contribution in [0.15, 0.2) is 59.4 Å². The first-order valence-electron chi connectivity index (χ1n) is 8.34. The Balaban J connectivity index is 1.89. The third-order valence-corrected chi connectivity index (χ3v) is 4.33. The summed E-state index contributed by atoms with van der Waals surface area (Å²) < 4.78 is 22.4. The SMILES string of the molecule is COc1cc(-c2cc3nccc(-c4cccnc4)c3o2)cc(OC)c1OC. The number of nitrogens with zero attached hydrogens (tertiary/aromatic N) is 2. The van der Waals surface area contributed by atoms with Crippen molar-refractivity contribution in [3.63, 3.8) is 0 Å². The zero-order valence-corrected chi connectivity index (χ0v) is 15.2. The van der Waals surface area contributed by atoms with Crippen molar-refractivity contribution in [1.82, 2.24) is 9.97 Å². The molecule has 0 aliphatic rings. The molecule has 1 aromatic carbocycles. The van der Waals surface area contributed by atoms with Crippen LogP contribution in [0.25, 0.3) is 33.6 Å². The molecule has 0 amide bonds. The Bertz CT molecular complexity index is 1060. The van der Waals surface area contributed by atoms with Crippen LogP contribution >= 0.6 is 0 Å². The zero-order chi connectivity index (χ0) is 18.8. The molecule has 136 valence electrons. The van der Waals surface area contributed by atoms with Crippen molar-refractivity contribution in [1.29, 1.82) is 0 Å². The predicted molar refractivity (Wildman–Crippen MR) is 102 cm³/mol. The van der Waals surface area contributed by atoms with E-state index in [1.165, 1.54) is 0 Å². The lowest BCUT2D eigenvalue weighted by Crippen LogP contribution is -1.95. The van der Waals surface area contributed by atoms with Crippen molar-refractivity contribution in [3.05, 3.63) is 55.0 Å². The summed E-state index contributed by atoms with van der Waals surface area (Å²) in [7, 11) is 4.74. The molecule has 3 aromatic heterocycles. The summed E-state index contributed by atoms with van der Waals surface area (Å²) in [5.41, 5.74) is 4.18. The van der Waals surface area contributed by atoms with Crippen LogP contribution in [0.1, 0.15) is 0 Å². The molecule has 0 spiro atoms.